The second-order valence-corrected chi connectivity index (χ2v) is 10.0. The number of aromatic nitrogens is 1. The summed E-state index contributed by atoms with van der Waals surface area (Å²) in [6, 6.07) is 18.9. The standard InChI is InChI=1S/C23H26INO2S/c1-3-4-5-9-12-22-21(24)17-23(19-10-7-6-8-11-19)25(22)28(26,27)20-15-13-18(2)14-16-20/h6-8,10-11,13-17H,3-5,9,12H2,1-2H3. The summed E-state index contributed by atoms with van der Waals surface area (Å²) in [5.41, 5.74) is 3.58. The Balaban J connectivity index is 2.14. The highest BCUT2D eigenvalue weighted by Crippen LogP contribution is 2.32. The molecule has 0 amide bonds. The highest BCUT2D eigenvalue weighted by atomic mass is 127. The number of unbranched alkanes of at least 4 members (excludes halogenated alkanes) is 3. The normalized spacial score (nSPS) is 11.7. The highest BCUT2D eigenvalue weighted by molar-refractivity contribution is 14.1. The minimum Gasteiger partial charge on any atom is -0.237 e. The Kier molecular flexibility index (Phi) is 6.99. The Bertz CT molecular complexity index is 1020. The van der Waals surface area contributed by atoms with Crippen molar-refractivity contribution in [3.8, 4) is 11.3 Å². The number of rotatable bonds is 8. The monoisotopic (exact) mass is 507 g/mol. The van der Waals surface area contributed by atoms with Gasteiger partial charge in [-0.05, 0) is 66.1 Å². The van der Waals surface area contributed by atoms with Crippen LogP contribution in [0.15, 0.2) is 65.6 Å². The Hall–Kier alpha value is -1.60. The average Bonchev–Trinajstić information content (AvgIpc) is 3.03. The summed E-state index contributed by atoms with van der Waals surface area (Å²) in [5, 5.41) is 0. The topological polar surface area (TPSA) is 39.1 Å². The van der Waals surface area contributed by atoms with Gasteiger partial charge in [-0.1, -0.05) is 74.2 Å². The van der Waals surface area contributed by atoms with Crippen molar-refractivity contribution in [2.75, 3.05) is 0 Å². The number of aryl methyl sites for hydroxylation is 1. The lowest BCUT2D eigenvalue weighted by atomic mass is 10.1. The van der Waals surface area contributed by atoms with Crippen molar-refractivity contribution in [1.82, 2.24) is 3.97 Å². The third-order valence-corrected chi connectivity index (χ3v) is 7.60. The minimum absolute atomic E-state index is 0.331. The molecule has 28 heavy (non-hydrogen) atoms. The summed E-state index contributed by atoms with van der Waals surface area (Å²) in [7, 11) is -3.68. The van der Waals surface area contributed by atoms with Crippen molar-refractivity contribution in [1.29, 1.82) is 0 Å². The van der Waals surface area contributed by atoms with E-state index in [4.69, 9.17) is 0 Å². The fraction of sp³-hybridized carbons (Fsp3) is 0.304. The predicted octanol–water partition coefficient (Wildman–Crippen LogP) is 6.43. The molecule has 0 bridgehead atoms. The van der Waals surface area contributed by atoms with Crippen molar-refractivity contribution in [3.05, 3.63) is 75.5 Å². The molecule has 0 saturated heterocycles. The fourth-order valence-electron chi connectivity index (χ4n) is 3.34. The molecule has 3 aromatic rings. The molecule has 5 heteroatoms. The van der Waals surface area contributed by atoms with Gasteiger partial charge in [0.1, 0.15) is 0 Å². The van der Waals surface area contributed by atoms with Crippen LogP contribution in [0.1, 0.15) is 43.9 Å². The first kappa shape index (κ1) is 21.1. The first-order chi connectivity index (χ1) is 13.4. The Morgan fingerprint density at radius 3 is 2.25 bits per heavy atom. The van der Waals surface area contributed by atoms with Gasteiger partial charge in [0.05, 0.1) is 10.6 Å². The van der Waals surface area contributed by atoms with Gasteiger partial charge in [-0.25, -0.2) is 12.4 Å². The molecule has 0 atom stereocenters. The summed E-state index contributed by atoms with van der Waals surface area (Å²) in [6.07, 6.45) is 5.20. The van der Waals surface area contributed by atoms with Gasteiger partial charge >= 0.3 is 0 Å². The molecule has 0 aliphatic heterocycles. The second kappa shape index (κ2) is 9.27. The van der Waals surface area contributed by atoms with Crippen LogP contribution in [0.5, 0.6) is 0 Å². The molecule has 1 aromatic heterocycles. The Labute approximate surface area is 182 Å². The third kappa shape index (κ3) is 4.51. The molecular formula is C23H26INO2S. The number of nitrogens with zero attached hydrogens (tertiary/aromatic N) is 1. The largest absolute Gasteiger partial charge is 0.268 e. The lowest BCUT2D eigenvalue weighted by Crippen LogP contribution is -2.17. The van der Waals surface area contributed by atoms with Gasteiger partial charge < -0.3 is 0 Å². The summed E-state index contributed by atoms with van der Waals surface area (Å²) >= 11 is 2.27. The first-order valence-electron chi connectivity index (χ1n) is 9.73. The van der Waals surface area contributed by atoms with Crippen molar-refractivity contribution in [3.63, 3.8) is 0 Å². The molecule has 0 unspecified atom stereocenters. The molecular weight excluding hydrogens is 481 g/mol. The van der Waals surface area contributed by atoms with Crippen LogP contribution in [0.25, 0.3) is 11.3 Å². The lowest BCUT2D eigenvalue weighted by molar-refractivity contribution is 0.583. The molecule has 3 nitrogen and oxygen atoms in total. The lowest BCUT2D eigenvalue weighted by Gasteiger charge is -2.15. The van der Waals surface area contributed by atoms with E-state index in [1.807, 2.05) is 55.5 Å². The maximum Gasteiger partial charge on any atom is 0.268 e. The Morgan fingerprint density at radius 2 is 1.61 bits per heavy atom. The van der Waals surface area contributed by atoms with Crippen LogP contribution in [-0.2, 0) is 16.4 Å². The molecule has 2 aromatic carbocycles. The molecule has 3 rings (SSSR count). The number of hydrogen-bond acceptors (Lipinski definition) is 2. The van der Waals surface area contributed by atoms with E-state index in [2.05, 4.69) is 29.5 Å². The van der Waals surface area contributed by atoms with Gasteiger partial charge in [-0.2, -0.15) is 0 Å². The maximum absolute atomic E-state index is 13.6. The summed E-state index contributed by atoms with van der Waals surface area (Å²) in [6.45, 7) is 4.14. The zero-order chi connectivity index (χ0) is 20.1. The van der Waals surface area contributed by atoms with E-state index in [-0.39, 0.29) is 0 Å². The smallest absolute Gasteiger partial charge is 0.237 e. The summed E-state index contributed by atoms with van der Waals surface area (Å²) in [5.74, 6) is 0. The number of benzene rings is 2. The predicted molar refractivity (Wildman–Crippen MR) is 124 cm³/mol. The van der Waals surface area contributed by atoms with Crippen molar-refractivity contribution >= 4 is 32.6 Å². The first-order valence-corrected chi connectivity index (χ1v) is 12.2. The van der Waals surface area contributed by atoms with Crippen LogP contribution in [0, 0.1) is 10.5 Å². The zero-order valence-electron chi connectivity index (χ0n) is 16.4. The summed E-state index contributed by atoms with van der Waals surface area (Å²) < 4.78 is 29.8. The zero-order valence-corrected chi connectivity index (χ0v) is 19.3. The number of halogens is 1. The van der Waals surface area contributed by atoms with Crippen LogP contribution in [0.4, 0.5) is 0 Å². The minimum atomic E-state index is -3.68. The third-order valence-electron chi connectivity index (χ3n) is 4.90. The van der Waals surface area contributed by atoms with Gasteiger partial charge in [0, 0.05) is 9.26 Å². The molecule has 0 N–H and O–H groups in total. The summed E-state index contributed by atoms with van der Waals surface area (Å²) in [4.78, 5) is 0.331. The van der Waals surface area contributed by atoms with Crippen LogP contribution in [0.3, 0.4) is 0 Å². The molecule has 148 valence electrons. The molecule has 1 heterocycles. The van der Waals surface area contributed by atoms with Gasteiger partial charge in [0.15, 0.2) is 0 Å². The fourth-order valence-corrected chi connectivity index (χ4v) is 5.90. The van der Waals surface area contributed by atoms with Crippen LogP contribution >= 0.6 is 22.6 Å². The van der Waals surface area contributed by atoms with Crippen LogP contribution in [-0.4, -0.2) is 12.4 Å². The SMILES string of the molecule is CCCCCCc1c(I)cc(-c2ccccc2)n1S(=O)(=O)c1ccc(C)cc1. The van der Waals surface area contributed by atoms with Crippen molar-refractivity contribution in [2.24, 2.45) is 0 Å². The van der Waals surface area contributed by atoms with Gasteiger partial charge in [-0.15, -0.1) is 0 Å². The molecule has 0 aliphatic carbocycles. The van der Waals surface area contributed by atoms with E-state index in [9.17, 15) is 8.42 Å². The Morgan fingerprint density at radius 1 is 0.929 bits per heavy atom. The average molecular weight is 507 g/mol. The van der Waals surface area contributed by atoms with Gasteiger partial charge in [0.25, 0.3) is 10.0 Å². The molecule has 0 spiro atoms. The van der Waals surface area contributed by atoms with Crippen molar-refractivity contribution < 1.29 is 8.42 Å². The van der Waals surface area contributed by atoms with E-state index in [1.54, 1.807) is 16.1 Å². The number of hydrogen-bond donors (Lipinski definition) is 0. The molecule has 0 radical (unpaired) electrons. The second-order valence-electron chi connectivity index (χ2n) is 7.08. The van der Waals surface area contributed by atoms with Crippen LogP contribution in [0.2, 0.25) is 0 Å². The van der Waals surface area contributed by atoms with E-state index in [0.29, 0.717) is 4.90 Å². The van der Waals surface area contributed by atoms with Gasteiger partial charge in [-0.3, -0.25) is 0 Å². The van der Waals surface area contributed by atoms with Gasteiger partial charge in [0.2, 0.25) is 0 Å². The van der Waals surface area contributed by atoms with E-state index in [0.717, 1.165) is 51.8 Å². The van der Waals surface area contributed by atoms with Crippen LogP contribution < -0.4 is 0 Å². The molecule has 0 fully saturated rings. The van der Waals surface area contributed by atoms with E-state index >= 15 is 0 Å². The highest BCUT2D eigenvalue weighted by Gasteiger charge is 2.26. The molecule has 0 aliphatic rings. The quantitative estimate of drug-likeness (QED) is 0.261. The van der Waals surface area contributed by atoms with E-state index < -0.39 is 10.0 Å². The molecule has 0 saturated carbocycles. The maximum atomic E-state index is 13.6. The van der Waals surface area contributed by atoms with Crippen molar-refractivity contribution in [2.45, 2.75) is 50.8 Å². The van der Waals surface area contributed by atoms with E-state index in [1.165, 1.54) is 6.42 Å².